The Hall–Kier alpha value is -2.31. The van der Waals surface area contributed by atoms with Crippen LogP contribution in [-0.4, -0.2) is 41.6 Å². The lowest BCUT2D eigenvalue weighted by molar-refractivity contribution is -0.280. The number of ketones is 2. The molecule has 0 bridgehead atoms. The van der Waals surface area contributed by atoms with Gasteiger partial charge >= 0.3 is 5.97 Å². The van der Waals surface area contributed by atoms with Gasteiger partial charge in [-0.1, -0.05) is 24.3 Å². The Morgan fingerprint density at radius 1 is 1.04 bits per heavy atom. The summed E-state index contributed by atoms with van der Waals surface area (Å²) >= 11 is 0. The van der Waals surface area contributed by atoms with Gasteiger partial charge in [-0.2, -0.15) is 0 Å². The number of esters is 1. The monoisotopic (exact) mass is 354 g/mol. The summed E-state index contributed by atoms with van der Waals surface area (Å²) in [5.41, 5.74) is 1.16. The smallest absolute Gasteiger partial charge is 0.309 e. The molecule has 1 spiro atoms. The molecule has 0 radical (unpaired) electrons. The molecule has 0 unspecified atom stereocenters. The molecular weight excluding hydrogens is 336 g/mol. The minimum atomic E-state index is -1.28. The molecule has 3 heterocycles. The van der Waals surface area contributed by atoms with Crippen molar-refractivity contribution < 1.29 is 28.6 Å². The van der Waals surface area contributed by atoms with E-state index in [2.05, 4.69) is 0 Å². The lowest BCUT2D eigenvalue weighted by Crippen LogP contribution is -2.56. The first kappa shape index (κ1) is 15.9. The summed E-state index contributed by atoms with van der Waals surface area (Å²) in [6.07, 6.45) is 0.664. The molecule has 1 aromatic rings. The SMILES string of the molecule is C[C@H]1CCC[C@]2(O[C@H]3CC(=O)O[C@H]3C3=C2C(=O)c2ccccc2C3=O)O1. The molecule has 6 nitrogen and oxygen atoms in total. The second-order valence-corrected chi connectivity index (χ2v) is 7.34. The fourth-order valence-corrected chi connectivity index (χ4v) is 4.57. The van der Waals surface area contributed by atoms with Crippen LogP contribution in [0.2, 0.25) is 0 Å². The van der Waals surface area contributed by atoms with Crippen LogP contribution in [0.1, 0.15) is 53.3 Å². The average molecular weight is 354 g/mol. The van der Waals surface area contributed by atoms with Crippen LogP contribution in [0.15, 0.2) is 35.4 Å². The molecule has 3 aliphatic heterocycles. The Morgan fingerprint density at radius 3 is 2.50 bits per heavy atom. The van der Waals surface area contributed by atoms with E-state index < -0.39 is 24.0 Å². The van der Waals surface area contributed by atoms with Gasteiger partial charge in [-0.25, -0.2) is 0 Å². The third-order valence-electron chi connectivity index (χ3n) is 5.64. The van der Waals surface area contributed by atoms with Crippen LogP contribution in [0.3, 0.4) is 0 Å². The van der Waals surface area contributed by atoms with Gasteiger partial charge < -0.3 is 14.2 Å². The second-order valence-electron chi connectivity index (χ2n) is 7.34. The summed E-state index contributed by atoms with van der Waals surface area (Å²) in [7, 11) is 0. The molecule has 2 saturated heterocycles. The predicted molar refractivity (Wildman–Crippen MR) is 88.6 cm³/mol. The molecule has 4 aliphatic rings. The highest BCUT2D eigenvalue weighted by atomic mass is 16.7. The van der Waals surface area contributed by atoms with Crippen LogP contribution < -0.4 is 0 Å². The predicted octanol–water partition coefficient (Wildman–Crippen LogP) is 2.36. The van der Waals surface area contributed by atoms with Gasteiger partial charge in [-0.15, -0.1) is 0 Å². The number of carbonyl (C=O) groups is 3. The first-order valence-corrected chi connectivity index (χ1v) is 8.98. The van der Waals surface area contributed by atoms with E-state index in [1.165, 1.54) is 0 Å². The Balaban J connectivity index is 1.75. The summed E-state index contributed by atoms with van der Waals surface area (Å²) < 4.78 is 17.7. The Kier molecular flexibility index (Phi) is 3.27. The van der Waals surface area contributed by atoms with Gasteiger partial charge in [0.1, 0.15) is 6.10 Å². The van der Waals surface area contributed by atoms with Crippen molar-refractivity contribution in [1.82, 2.24) is 0 Å². The van der Waals surface area contributed by atoms with Crippen molar-refractivity contribution in [3.63, 3.8) is 0 Å². The lowest BCUT2D eigenvalue weighted by Gasteiger charge is -2.47. The quantitative estimate of drug-likeness (QED) is 0.666. The maximum atomic E-state index is 13.3. The first-order chi connectivity index (χ1) is 12.5. The van der Waals surface area contributed by atoms with E-state index in [1.54, 1.807) is 24.3 Å². The standard InChI is InChI=1S/C20H18O6/c1-10-5-4-8-20(25-10)16-15(19-13(26-20)9-14(21)24-19)17(22)11-6-2-3-7-12(11)18(16)23/h2-3,6-7,10,13,19H,4-5,8-9H2,1H3/t10-,13-,19+,20+/m0/s1. The second kappa shape index (κ2) is 5.34. The topological polar surface area (TPSA) is 78.9 Å². The number of carbonyl (C=O) groups excluding carboxylic acids is 3. The molecule has 0 N–H and O–H groups in total. The Bertz CT molecular complexity index is 884. The Morgan fingerprint density at radius 2 is 1.77 bits per heavy atom. The third-order valence-corrected chi connectivity index (χ3v) is 5.64. The van der Waals surface area contributed by atoms with Gasteiger partial charge in [0.2, 0.25) is 0 Å². The van der Waals surface area contributed by atoms with Gasteiger partial charge in [-0.3, -0.25) is 14.4 Å². The van der Waals surface area contributed by atoms with Crippen LogP contribution >= 0.6 is 0 Å². The zero-order valence-corrected chi connectivity index (χ0v) is 14.3. The minimum absolute atomic E-state index is 0.0596. The third kappa shape index (κ3) is 2.03. The molecule has 134 valence electrons. The van der Waals surface area contributed by atoms with E-state index >= 15 is 0 Å². The van der Waals surface area contributed by atoms with E-state index in [1.807, 2.05) is 6.92 Å². The van der Waals surface area contributed by atoms with E-state index in [0.29, 0.717) is 17.5 Å². The van der Waals surface area contributed by atoms with Crippen molar-refractivity contribution in [2.24, 2.45) is 0 Å². The number of ether oxygens (including phenoxy) is 3. The summed E-state index contributed by atoms with van der Waals surface area (Å²) in [6, 6.07) is 6.74. The molecule has 6 heteroatoms. The summed E-state index contributed by atoms with van der Waals surface area (Å²) in [4.78, 5) is 38.5. The first-order valence-electron chi connectivity index (χ1n) is 8.98. The van der Waals surface area contributed by atoms with Gasteiger partial charge in [0.15, 0.2) is 23.5 Å². The minimum Gasteiger partial charge on any atom is -0.454 e. The molecule has 0 amide bonds. The number of hydrogen-bond acceptors (Lipinski definition) is 6. The molecule has 5 rings (SSSR count). The van der Waals surface area contributed by atoms with Crippen LogP contribution in [0, 0.1) is 0 Å². The summed E-state index contributed by atoms with van der Waals surface area (Å²) in [6.45, 7) is 1.93. The van der Waals surface area contributed by atoms with E-state index in [4.69, 9.17) is 14.2 Å². The van der Waals surface area contributed by atoms with Crippen LogP contribution in [0.4, 0.5) is 0 Å². The lowest BCUT2D eigenvalue weighted by atomic mass is 9.74. The van der Waals surface area contributed by atoms with E-state index in [-0.39, 0.29) is 35.2 Å². The molecule has 1 aromatic carbocycles. The fourth-order valence-electron chi connectivity index (χ4n) is 4.57. The molecule has 0 aromatic heterocycles. The number of rotatable bonds is 0. The molecule has 4 atom stereocenters. The summed E-state index contributed by atoms with van der Waals surface area (Å²) in [5, 5.41) is 0. The highest BCUT2D eigenvalue weighted by molar-refractivity contribution is 6.28. The van der Waals surface area contributed by atoms with Crippen LogP contribution in [0.25, 0.3) is 0 Å². The number of hydrogen-bond donors (Lipinski definition) is 0. The van der Waals surface area contributed by atoms with E-state index in [9.17, 15) is 14.4 Å². The fraction of sp³-hybridized carbons (Fsp3) is 0.450. The maximum absolute atomic E-state index is 13.3. The summed E-state index contributed by atoms with van der Waals surface area (Å²) in [5.74, 6) is -2.25. The number of fused-ring (bicyclic) bond motifs is 4. The van der Waals surface area contributed by atoms with E-state index in [0.717, 1.165) is 12.8 Å². The molecular formula is C20H18O6. The molecule has 1 aliphatic carbocycles. The Labute approximate surface area is 150 Å². The highest BCUT2D eigenvalue weighted by Crippen LogP contribution is 2.49. The maximum Gasteiger partial charge on any atom is 0.309 e. The molecule has 0 saturated carbocycles. The highest BCUT2D eigenvalue weighted by Gasteiger charge is 2.59. The van der Waals surface area contributed by atoms with Crippen molar-refractivity contribution in [1.29, 1.82) is 0 Å². The molecule has 26 heavy (non-hydrogen) atoms. The van der Waals surface area contributed by atoms with Crippen LogP contribution in [-0.2, 0) is 19.0 Å². The average Bonchev–Trinajstić information content (AvgIpc) is 2.98. The zero-order valence-electron chi connectivity index (χ0n) is 14.3. The van der Waals surface area contributed by atoms with Crippen LogP contribution in [0.5, 0.6) is 0 Å². The van der Waals surface area contributed by atoms with Crippen molar-refractivity contribution in [2.45, 2.75) is 56.7 Å². The zero-order chi connectivity index (χ0) is 18.1. The van der Waals surface area contributed by atoms with Crippen molar-refractivity contribution in [3.8, 4) is 0 Å². The largest absolute Gasteiger partial charge is 0.454 e. The van der Waals surface area contributed by atoms with Crippen molar-refractivity contribution >= 4 is 17.5 Å². The van der Waals surface area contributed by atoms with Gasteiger partial charge in [0, 0.05) is 17.5 Å². The van der Waals surface area contributed by atoms with Gasteiger partial charge in [0.25, 0.3) is 0 Å². The molecule has 2 fully saturated rings. The van der Waals surface area contributed by atoms with Crippen molar-refractivity contribution in [2.75, 3.05) is 0 Å². The normalized spacial score (nSPS) is 35.9. The number of Topliss-reactive ketones (excluding diaryl/α,β-unsaturated/α-hetero) is 2. The van der Waals surface area contributed by atoms with Gasteiger partial charge in [0.05, 0.1) is 23.7 Å². The van der Waals surface area contributed by atoms with Gasteiger partial charge in [-0.05, 0) is 19.8 Å². The number of benzene rings is 1. The van der Waals surface area contributed by atoms with Crippen molar-refractivity contribution in [3.05, 3.63) is 46.5 Å².